The van der Waals surface area contributed by atoms with Gasteiger partial charge in [-0.3, -0.25) is 0 Å². The second kappa shape index (κ2) is 4.11. The highest BCUT2D eigenvalue weighted by atomic mass is 15.2. The van der Waals surface area contributed by atoms with Crippen molar-refractivity contribution in [2.45, 2.75) is 32.4 Å². The van der Waals surface area contributed by atoms with Crippen molar-refractivity contribution in [3.8, 4) is 0 Å². The molecule has 0 amide bonds. The number of nitrogens with zero attached hydrogens (tertiary/aromatic N) is 1. The molecule has 4 N–H and O–H groups in total. The van der Waals surface area contributed by atoms with Gasteiger partial charge in [-0.25, -0.2) is 0 Å². The molecule has 0 bridgehead atoms. The molecule has 3 heteroatoms. The lowest BCUT2D eigenvalue weighted by Crippen LogP contribution is -2.27. The molecule has 1 aromatic rings. The minimum atomic E-state index is 0.556. The second-order valence-corrected chi connectivity index (χ2v) is 4.28. The fraction of sp³-hybridized carbons (Fsp3) is 0.500. The van der Waals surface area contributed by atoms with Gasteiger partial charge in [0.2, 0.25) is 0 Å². The third kappa shape index (κ3) is 1.92. The van der Waals surface area contributed by atoms with Crippen LogP contribution in [0, 0.1) is 0 Å². The van der Waals surface area contributed by atoms with Gasteiger partial charge in [0.15, 0.2) is 0 Å². The molecule has 0 radical (unpaired) electrons. The molecule has 1 unspecified atom stereocenters. The molecular formula is C12H19N3. The predicted molar refractivity (Wildman–Crippen MR) is 64.8 cm³/mol. The highest BCUT2D eigenvalue weighted by Gasteiger charge is 2.21. The molecule has 1 saturated heterocycles. The standard InChI is InChI=1S/C12H19N3/c1-9-3-2-6-15(9)12-5-4-10(8-13)7-11(12)14/h4-5,7,9H,2-3,6,8,13-14H2,1H3. The van der Waals surface area contributed by atoms with Crippen LogP contribution in [0.1, 0.15) is 25.3 Å². The molecule has 15 heavy (non-hydrogen) atoms. The Bertz CT molecular complexity index is 349. The summed E-state index contributed by atoms with van der Waals surface area (Å²) in [4.78, 5) is 2.38. The Labute approximate surface area is 91.1 Å². The monoisotopic (exact) mass is 205 g/mol. The first-order chi connectivity index (χ1) is 7.22. The summed E-state index contributed by atoms with van der Waals surface area (Å²) in [6.45, 7) is 3.93. The van der Waals surface area contributed by atoms with E-state index in [9.17, 15) is 0 Å². The van der Waals surface area contributed by atoms with Crippen molar-refractivity contribution in [1.82, 2.24) is 0 Å². The first-order valence-electron chi connectivity index (χ1n) is 5.57. The van der Waals surface area contributed by atoms with Gasteiger partial charge >= 0.3 is 0 Å². The first-order valence-corrected chi connectivity index (χ1v) is 5.57. The Morgan fingerprint density at radius 2 is 2.27 bits per heavy atom. The van der Waals surface area contributed by atoms with E-state index in [0.717, 1.165) is 23.5 Å². The Morgan fingerprint density at radius 3 is 2.80 bits per heavy atom. The fourth-order valence-corrected chi connectivity index (χ4v) is 2.28. The van der Waals surface area contributed by atoms with Crippen LogP contribution >= 0.6 is 0 Å². The van der Waals surface area contributed by atoms with Crippen molar-refractivity contribution in [2.24, 2.45) is 5.73 Å². The quantitative estimate of drug-likeness (QED) is 0.723. The van der Waals surface area contributed by atoms with Crippen LogP contribution in [0.5, 0.6) is 0 Å². The van der Waals surface area contributed by atoms with E-state index < -0.39 is 0 Å². The van der Waals surface area contributed by atoms with Gasteiger partial charge in [0.05, 0.1) is 11.4 Å². The van der Waals surface area contributed by atoms with Crippen molar-refractivity contribution in [3.63, 3.8) is 0 Å². The Kier molecular flexibility index (Phi) is 2.82. The molecule has 0 saturated carbocycles. The molecule has 1 fully saturated rings. The number of hydrogen-bond donors (Lipinski definition) is 2. The van der Waals surface area contributed by atoms with Gasteiger partial charge in [-0.15, -0.1) is 0 Å². The zero-order valence-electron chi connectivity index (χ0n) is 9.24. The van der Waals surface area contributed by atoms with Crippen molar-refractivity contribution in [3.05, 3.63) is 23.8 Å². The average molecular weight is 205 g/mol. The summed E-state index contributed by atoms with van der Waals surface area (Å²) in [5, 5.41) is 0. The number of benzene rings is 1. The minimum Gasteiger partial charge on any atom is -0.397 e. The maximum absolute atomic E-state index is 6.04. The van der Waals surface area contributed by atoms with Crippen LogP contribution in [0.4, 0.5) is 11.4 Å². The molecule has 1 atom stereocenters. The second-order valence-electron chi connectivity index (χ2n) is 4.28. The summed E-state index contributed by atoms with van der Waals surface area (Å²) in [5.74, 6) is 0. The molecule has 1 aliphatic heterocycles. The van der Waals surface area contributed by atoms with Crippen molar-refractivity contribution < 1.29 is 0 Å². The largest absolute Gasteiger partial charge is 0.397 e. The summed E-state index contributed by atoms with van der Waals surface area (Å²) in [6.07, 6.45) is 2.53. The summed E-state index contributed by atoms with van der Waals surface area (Å²) in [5.41, 5.74) is 14.7. The number of rotatable bonds is 2. The molecule has 82 valence electrons. The number of anilines is 2. The fourth-order valence-electron chi connectivity index (χ4n) is 2.28. The van der Waals surface area contributed by atoms with Crippen LogP contribution in [0.3, 0.4) is 0 Å². The van der Waals surface area contributed by atoms with E-state index in [0.29, 0.717) is 12.6 Å². The summed E-state index contributed by atoms with van der Waals surface area (Å²) >= 11 is 0. The van der Waals surface area contributed by atoms with Gasteiger partial charge < -0.3 is 16.4 Å². The summed E-state index contributed by atoms with van der Waals surface area (Å²) < 4.78 is 0. The average Bonchev–Trinajstić information content (AvgIpc) is 2.64. The van der Waals surface area contributed by atoms with E-state index in [1.807, 2.05) is 6.07 Å². The van der Waals surface area contributed by atoms with Gasteiger partial charge in [0.1, 0.15) is 0 Å². The summed E-state index contributed by atoms with van der Waals surface area (Å²) in [6, 6.07) is 6.76. The zero-order valence-corrected chi connectivity index (χ0v) is 9.24. The van der Waals surface area contributed by atoms with Crippen molar-refractivity contribution in [2.75, 3.05) is 17.2 Å². The zero-order chi connectivity index (χ0) is 10.8. The molecule has 0 aliphatic carbocycles. The highest BCUT2D eigenvalue weighted by Crippen LogP contribution is 2.30. The third-order valence-electron chi connectivity index (χ3n) is 3.19. The van der Waals surface area contributed by atoms with Crippen LogP contribution in [0.2, 0.25) is 0 Å². The minimum absolute atomic E-state index is 0.556. The molecule has 0 spiro atoms. The number of nitrogens with two attached hydrogens (primary N) is 2. The van der Waals surface area contributed by atoms with E-state index >= 15 is 0 Å². The molecule has 1 aromatic carbocycles. The van der Waals surface area contributed by atoms with E-state index in [-0.39, 0.29) is 0 Å². The van der Waals surface area contributed by atoms with Crippen LogP contribution in [-0.4, -0.2) is 12.6 Å². The lowest BCUT2D eigenvalue weighted by atomic mass is 10.1. The molecule has 0 aromatic heterocycles. The maximum atomic E-state index is 6.04. The van der Waals surface area contributed by atoms with Gasteiger partial charge in [0.25, 0.3) is 0 Å². The maximum Gasteiger partial charge on any atom is 0.0602 e. The van der Waals surface area contributed by atoms with Gasteiger partial charge in [-0.05, 0) is 37.5 Å². The van der Waals surface area contributed by atoms with Crippen molar-refractivity contribution >= 4 is 11.4 Å². The van der Waals surface area contributed by atoms with E-state index in [4.69, 9.17) is 11.5 Å². The topological polar surface area (TPSA) is 55.3 Å². The van der Waals surface area contributed by atoms with Crippen LogP contribution < -0.4 is 16.4 Å². The van der Waals surface area contributed by atoms with Gasteiger partial charge in [-0.2, -0.15) is 0 Å². The molecule has 2 rings (SSSR count). The third-order valence-corrected chi connectivity index (χ3v) is 3.19. The Morgan fingerprint density at radius 1 is 1.47 bits per heavy atom. The SMILES string of the molecule is CC1CCCN1c1ccc(CN)cc1N. The molecule has 1 aliphatic rings. The normalized spacial score (nSPS) is 20.9. The smallest absolute Gasteiger partial charge is 0.0602 e. The van der Waals surface area contributed by atoms with E-state index in [2.05, 4.69) is 24.0 Å². The lowest BCUT2D eigenvalue weighted by molar-refractivity contribution is 0.735. The Hall–Kier alpha value is -1.22. The van der Waals surface area contributed by atoms with E-state index in [1.165, 1.54) is 12.8 Å². The van der Waals surface area contributed by atoms with Gasteiger partial charge in [-0.1, -0.05) is 6.07 Å². The molecule has 3 nitrogen and oxygen atoms in total. The van der Waals surface area contributed by atoms with Crippen LogP contribution in [-0.2, 0) is 6.54 Å². The number of hydrogen-bond acceptors (Lipinski definition) is 3. The van der Waals surface area contributed by atoms with Gasteiger partial charge in [0, 0.05) is 19.1 Å². The predicted octanol–water partition coefficient (Wildman–Crippen LogP) is 1.72. The van der Waals surface area contributed by atoms with E-state index in [1.54, 1.807) is 0 Å². The van der Waals surface area contributed by atoms with Crippen molar-refractivity contribution in [1.29, 1.82) is 0 Å². The molecule has 1 heterocycles. The first kappa shape index (κ1) is 10.3. The highest BCUT2D eigenvalue weighted by molar-refractivity contribution is 5.69. The summed E-state index contributed by atoms with van der Waals surface area (Å²) in [7, 11) is 0. The molecular weight excluding hydrogens is 186 g/mol. The Balaban J connectivity index is 2.28. The lowest BCUT2D eigenvalue weighted by Gasteiger charge is -2.25. The van der Waals surface area contributed by atoms with Crippen LogP contribution in [0.25, 0.3) is 0 Å². The number of nitrogen functional groups attached to an aromatic ring is 1. The van der Waals surface area contributed by atoms with Crippen LogP contribution in [0.15, 0.2) is 18.2 Å².